The zero-order chi connectivity index (χ0) is 21.4. The number of aromatic nitrogens is 5. The van der Waals surface area contributed by atoms with Gasteiger partial charge in [-0.05, 0) is 32.9 Å². The Kier molecular flexibility index (Phi) is 5.27. The summed E-state index contributed by atoms with van der Waals surface area (Å²) in [6.45, 7) is 6.02. The van der Waals surface area contributed by atoms with E-state index in [2.05, 4.69) is 42.9 Å². The summed E-state index contributed by atoms with van der Waals surface area (Å²) < 4.78 is 1.85. The number of carbonyl (C=O) groups is 1. The van der Waals surface area contributed by atoms with E-state index in [1.54, 1.807) is 13.0 Å². The second-order valence-corrected chi connectivity index (χ2v) is 7.19. The molecule has 0 radical (unpaired) electrons. The summed E-state index contributed by atoms with van der Waals surface area (Å²) >= 11 is 6.05. The van der Waals surface area contributed by atoms with Gasteiger partial charge in [0.1, 0.15) is 5.82 Å². The van der Waals surface area contributed by atoms with Crippen molar-refractivity contribution in [3.05, 3.63) is 46.8 Å². The molecule has 0 fully saturated rings. The number of rotatable bonds is 5. The fourth-order valence-corrected chi connectivity index (χ4v) is 3.53. The number of halogens is 1. The van der Waals surface area contributed by atoms with Crippen LogP contribution in [0.3, 0.4) is 0 Å². The van der Waals surface area contributed by atoms with Crippen LogP contribution < -0.4 is 15.7 Å². The first-order chi connectivity index (χ1) is 14.4. The maximum atomic E-state index is 12.4. The number of fused-ring (bicyclic) bond motifs is 3. The zero-order valence-electron chi connectivity index (χ0n) is 17.0. The zero-order valence-corrected chi connectivity index (χ0v) is 17.7. The summed E-state index contributed by atoms with van der Waals surface area (Å²) in [5, 5.41) is 15.7. The average molecular weight is 429 g/mol. The van der Waals surface area contributed by atoms with Crippen molar-refractivity contribution >= 4 is 34.6 Å². The molecule has 1 atom stereocenters. The molecule has 11 heteroatoms. The molecule has 0 saturated heterocycles. The molecule has 0 aliphatic carbocycles. The Bertz CT molecular complexity index is 1120. The van der Waals surface area contributed by atoms with E-state index in [0.29, 0.717) is 18.1 Å². The van der Waals surface area contributed by atoms with E-state index < -0.39 is 5.91 Å². The van der Waals surface area contributed by atoms with Crippen molar-refractivity contribution in [2.75, 3.05) is 23.9 Å². The Balaban J connectivity index is 1.79. The lowest BCUT2D eigenvalue weighted by atomic mass is 10.1. The SMILES string of the molecule is CCONC(=O)c1nnc(Cl)cc1Nc1cccc2c1N(C)[C@@H](C)c1nc(C)nn1-2. The first kappa shape index (κ1) is 20.0. The number of amides is 1. The molecule has 1 amide bonds. The van der Waals surface area contributed by atoms with Crippen LogP contribution >= 0.6 is 11.6 Å². The van der Waals surface area contributed by atoms with Gasteiger partial charge in [0.25, 0.3) is 5.91 Å². The van der Waals surface area contributed by atoms with Gasteiger partial charge in [-0.2, -0.15) is 5.10 Å². The Morgan fingerprint density at radius 1 is 1.30 bits per heavy atom. The molecular weight excluding hydrogens is 408 g/mol. The van der Waals surface area contributed by atoms with Gasteiger partial charge in [0.15, 0.2) is 16.7 Å². The Morgan fingerprint density at radius 2 is 2.10 bits per heavy atom. The number of hydroxylamine groups is 1. The van der Waals surface area contributed by atoms with Crippen molar-refractivity contribution in [1.29, 1.82) is 0 Å². The lowest BCUT2D eigenvalue weighted by Gasteiger charge is -2.34. The molecule has 0 bridgehead atoms. The number of anilines is 3. The minimum absolute atomic E-state index is 0.00141. The predicted octanol–water partition coefficient (Wildman–Crippen LogP) is 2.95. The molecule has 1 aliphatic heterocycles. The average Bonchev–Trinajstić information content (AvgIpc) is 3.12. The van der Waals surface area contributed by atoms with Gasteiger partial charge in [-0.1, -0.05) is 17.7 Å². The first-order valence-corrected chi connectivity index (χ1v) is 9.80. The topological polar surface area (TPSA) is 110 Å². The molecule has 2 aromatic heterocycles. The van der Waals surface area contributed by atoms with E-state index >= 15 is 0 Å². The smallest absolute Gasteiger partial charge is 0.297 e. The highest BCUT2D eigenvalue weighted by molar-refractivity contribution is 6.29. The summed E-state index contributed by atoms with van der Waals surface area (Å²) in [5.74, 6) is 1.05. The number of hydrogen-bond donors (Lipinski definition) is 2. The monoisotopic (exact) mass is 428 g/mol. The summed E-state index contributed by atoms with van der Waals surface area (Å²) in [6.07, 6.45) is 0. The van der Waals surface area contributed by atoms with Gasteiger partial charge in [-0.25, -0.2) is 15.1 Å². The van der Waals surface area contributed by atoms with Crippen LogP contribution in [0.2, 0.25) is 5.15 Å². The van der Waals surface area contributed by atoms with Crippen LogP contribution in [0.25, 0.3) is 5.69 Å². The van der Waals surface area contributed by atoms with Crippen LogP contribution in [0.5, 0.6) is 0 Å². The summed E-state index contributed by atoms with van der Waals surface area (Å²) in [4.78, 5) is 24.1. The van der Waals surface area contributed by atoms with E-state index in [0.717, 1.165) is 22.9 Å². The largest absolute Gasteiger partial charge is 0.361 e. The van der Waals surface area contributed by atoms with Crippen LogP contribution in [-0.2, 0) is 4.84 Å². The lowest BCUT2D eigenvalue weighted by Crippen LogP contribution is -2.31. The highest BCUT2D eigenvalue weighted by atomic mass is 35.5. The minimum Gasteiger partial charge on any atom is -0.361 e. The molecule has 2 N–H and O–H groups in total. The summed E-state index contributed by atoms with van der Waals surface area (Å²) in [5.41, 5.74) is 5.35. The van der Waals surface area contributed by atoms with Crippen LogP contribution in [0, 0.1) is 6.92 Å². The third kappa shape index (κ3) is 3.44. The van der Waals surface area contributed by atoms with Gasteiger partial charge in [0.2, 0.25) is 0 Å². The Morgan fingerprint density at radius 3 is 2.87 bits per heavy atom. The van der Waals surface area contributed by atoms with Crippen LogP contribution in [0.1, 0.15) is 42.0 Å². The molecular formula is C19H21ClN8O2. The van der Waals surface area contributed by atoms with Gasteiger partial charge < -0.3 is 10.2 Å². The van der Waals surface area contributed by atoms with Gasteiger partial charge in [0, 0.05) is 13.1 Å². The molecule has 156 valence electrons. The van der Waals surface area contributed by atoms with Gasteiger partial charge in [0.05, 0.1) is 35.4 Å². The predicted molar refractivity (Wildman–Crippen MR) is 112 cm³/mol. The highest BCUT2D eigenvalue weighted by Gasteiger charge is 2.31. The van der Waals surface area contributed by atoms with E-state index in [1.165, 1.54) is 0 Å². The van der Waals surface area contributed by atoms with Gasteiger partial charge in [-0.15, -0.1) is 10.2 Å². The molecule has 30 heavy (non-hydrogen) atoms. The molecule has 1 aliphatic rings. The second-order valence-electron chi connectivity index (χ2n) is 6.81. The van der Waals surface area contributed by atoms with Crippen molar-refractivity contribution in [2.24, 2.45) is 0 Å². The van der Waals surface area contributed by atoms with E-state index in [1.807, 2.05) is 36.9 Å². The maximum Gasteiger partial charge on any atom is 0.297 e. The van der Waals surface area contributed by atoms with E-state index in [-0.39, 0.29) is 16.9 Å². The summed E-state index contributed by atoms with van der Waals surface area (Å²) in [7, 11) is 1.99. The molecule has 10 nitrogen and oxygen atoms in total. The number of nitrogens with zero attached hydrogens (tertiary/aromatic N) is 6. The fraction of sp³-hybridized carbons (Fsp3) is 0.316. The van der Waals surface area contributed by atoms with Gasteiger partial charge in [-0.3, -0.25) is 9.63 Å². The van der Waals surface area contributed by atoms with E-state index in [9.17, 15) is 4.79 Å². The van der Waals surface area contributed by atoms with Crippen LogP contribution in [-0.4, -0.2) is 44.5 Å². The molecule has 0 spiro atoms. The van der Waals surface area contributed by atoms with Crippen molar-refractivity contribution in [3.63, 3.8) is 0 Å². The van der Waals surface area contributed by atoms with Gasteiger partial charge >= 0.3 is 0 Å². The number of aryl methyl sites for hydroxylation is 1. The molecule has 3 aromatic rings. The standard InChI is InChI=1S/C19H21ClN8O2/c1-5-30-26-19(29)16-13(9-15(20)23-24-16)22-12-7-6-8-14-17(12)27(4)10(2)18-21-11(3)25-28(14)18/h6-10H,5H2,1-4H3,(H,22,23)(H,26,29)/t10-/m0/s1. The molecule has 1 aromatic carbocycles. The molecule has 0 unspecified atom stereocenters. The summed E-state index contributed by atoms with van der Waals surface area (Å²) in [6, 6.07) is 7.34. The van der Waals surface area contributed by atoms with Crippen molar-refractivity contribution in [3.8, 4) is 5.69 Å². The Hall–Kier alpha value is -3.24. The van der Waals surface area contributed by atoms with Crippen LogP contribution in [0.4, 0.5) is 17.1 Å². The molecule has 0 saturated carbocycles. The second kappa shape index (κ2) is 7.88. The first-order valence-electron chi connectivity index (χ1n) is 9.42. The van der Waals surface area contributed by atoms with Crippen molar-refractivity contribution < 1.29 is 9.63 Å². The van der Waals surface area contributed by atoms with Crippen molar-refractivity contribution in [2.45, 2.75) is 26.8 Å². The van der Waals surface area contributed by atoms with Crippen molar-refractivity contribution in [1.82, 2.24) is 30.4 Å². The van der Waals surface area contributed by atoms with Crippen LogP contribution in [0.15, 0.2) is 24.3 Å². The fourth-order valence-electron chi connectivity index (χ4n) is 3.38. The number of benzene rings is 1. The third-order valence-corrected chi connectivity index (χ3v) is 5.03. The number of hydrogen-bond acceptors (Lipinski definition) is 8. The molecule has 3 heterocycles. The normalized spacial score (nSPS) is 14.8. The number of nitrogens with one attached hydrogen (secondary N) is 2. The number of para-hydroxylation sites is 1. The lowest BCUT2D eigenvalue weighted by molar-refractivity contribution is 0.0360. The minimum atomic E-state index is -0.524. The number of carbonyl (C=O) groups excluding carboxylic acids is 1. The van der Waals surface area contributed by atoms with E-state index in [4.69, 9.17) is 16.4 Å². The Labute approximate surface area is 178 Å². The quantitative estimate of drug-likeness (QED) is 0.597. The highest BCUT2D eigenvalue weighted by Crippen LogP contribution is 2.42. The third-order valence-electron chi connectivity index (χ3n) is 4.85. The maximum absolute atomic E-state index is 12.4. The molecule has 4 rings (SSSR count).